The Bertz CT molecular complexity index is 274. The van der Waals surface area contributed by atoms with Gasteiger partial charge in [0.1, 0.15) is 0 Å². The first-order valence-corrected chi connectivity index (χ1v) is 6.20. The van der Waals surface area contributed by atoms with Crippen molar-refractivity contribution in [3.05, 3.63) is 0 Å². The van der Waals surface area contributed by atoms with Crippen molar-refractivity contribution in [2.75, 3.05) is 26.2 Å². The highest BCUT2D eigenvalue weighted by Gasteiger charge is 2.50. The molecule has 0 aromatic rings. The minimum Gasteiger partial charge on any atom is -0.372 e. The lowest BCUT2D eigenvalue weighted by molar-refractivity contribution is -0.172. The van der Waals surface area contributed by atoms with Gasteiger partial charge in [-0.1, -0.05) is 0 Å². The molecule has 18 heavy (non-hydrogen) atoms. The van der Waals surface area contributed by atoms with Gasteiger partial charge < -0.3 is 15.4 Å². The van der Waals surface area contributed by atoms with Crippen molar-refractivity contribution in [2.45, 2.75) is 43.3 Å². The molecule has 2 fully saturated rings. The lowest BCUT2D eigenvalue weighted by Gasteiger charge is -2.47. The number of ether oxygens (including phenoxy) is 1. The molecular formula is C11H18F4N2O. The van der Waals surface area contributed by atoms with Crippen molar-refractivity contribution < 1.29 is 22.3 Å². The van der Waals surface area contributed by atoms with Crippen molar-refractivity contribution in [3.63, 3.8) is 0 Å². The van der Waals surface area contributed by atoms with E-state index in [0.29, 0.717) is 39.1 Å². The van der Waals surface area contributed by atoms with Gasteiger partial charge in [0, 0.05) is 19.0 Å². The maximum absolute atomic E-state index is 13.2. The van der Waals surface area contributed by atoms with Gasteiger partial charge >= 0.3 is 12.3 Å². The van der Waals surface area contributed by atoms with Gasteiger partial charge in [0.25, 0.3) is 0 Å². The first kappa shape index (κ1) is 14.0. The number of rotatable bonds is 3. The van der Waals surface area contributed by atoms with Crippen LogP contribution in [0.25, 0.3) is 0 Å². The molecule has 0 aliphatic carbocycles. The third-order valence-corrected chi connectivity index (χ3v) is 3.76. The number of nitrogens with one attached hydrogen (secondary N) is 2. The summed E-state index contributed by atoms with van der Waals surface area (Å²) in [5.41, 5.74) is -0.720. The maximum Gasteiger partial charge on any atom is 0.309 e. The average molecular weight is 270 g/mol. The average Bonchev–Trinajstić information content (AvgIpc) is 2.33. The van der Waals surface area contributed by atoms with Crippen molar-refractivity contribution in [2.24, 2.45) is 0 Å². The number of alkyl halides is 4. The fraction of sp³-hybridized carbons (Fsp3) is 1.00. The molecule has 0 radical (unpaired) electrons. The first-order valence-electron chi connectivity index (χ1n) is 6.20. The Morgan fingerprint density at radius 1 is 1.22 bits per heavy atom. The zero-order valence-corrected chi connectivity index (χ0v) is 10.0. The molecule has 1 unspecified atom stereocenters. The smallest absolute Gasteiger partial charge is 0.309 e. The second kappa shape index (κ2) is 5.30. The Hall–Kier alpha value is -0.400. The highest BCUT2D eigenvalue weighted by molar-refractivity contribution is 5.01. The predicted octanol–water partition coefficient (Wildman–Crippen LogP) is 1.39. The van der Waals surface area contributed by atoms with Crippen LogP contribution in [0.5, 0.6) is 0 Å². The second-order valence-electron chi connectivity index (χ2n) is 4.94. The molecule has 2 rings (SSSR count). The van der Waals surface area contributed by atoms with Crippen LogP contribution in [0.2, 0.25) is 0 Å². The molecule has 2 heterocycles. The van der Waals surface area contributed by atoms with Crippen molar-refractivity contribution >= 4 is 0 Å². The fourth-order valence-corrected chi connectivity index (χ4v) is 2.74. The number of hydrogen-bond acceptors (Lipinski definition) is 3. The molecule has 1 spiro atoms. The Morgan fingerprint density at radius 3 is 2.50 bits per heavy atom. The Morgan fingerprint density at radius 2 is 1.89 bits per heavy atom. The van der Waals surface area contributed by atoms with Gasteiger partial charge in [-0.15, -0.1) is 0 Å². The van der Waals surface area contributed by atoms with E-state index >= 15 is 0 Å². The maximum atomic E-state index is 13.2. The van der Waals surface area contributed by atoms with Gasteiger partial charge in [0.2, 0.25) is 0 Å². The fourth-order valence-electron chi connectivity index (χ4n) is 2.74. The molecule has 2 aliphatic heterocycles. The van der Waals surface area contributed by atoms with Crippen LogP contribution in [0, 0.1) is 0 Å². The quantitative estimate of drug-likeness (QED) is 0.760. The van der Waals surface area contributed by atoms with Gasteiger partial charge in [-0.3, -0.25) is 0 Å². The molecule has 1 atom stereocenters. The summed E-state index contributed by atoms with van der Waals surface area (Å²) in [7, 11) is 0. The van der Waals surface area contributed by atoms with E-state index in [0.717, 1.165) is 0 Å². The van der Waals surface area contributed by atoms with E-state index < -0.39 is 30.4 Å². The summed E-state index contributed by atoms with van der Waals surface area (Å²) < 4.78 is 56.7. The van der Waals surface area contributed by atoms with E-state index in [1.165, 1.54) is 0 Å². The van der Waals surface area contributed by atoms with Crippen LogP contribution in [0.3, 0.4) is 0 Å². The molecule has 3 nitrogen and oxygen atoms in total. The standard InChI is InChI=1S/C11H18F4N2O/c12-9(13)11(14,15)7-8-10(18-6-5-17-8)1-3-16-4-2-10/h8-9,16-17H,1-7H2. The number of halogens is 4. The minimum atomic E-state index is -3.96. The van der Waals surface area contributed by atoms with Gasteiger partial charge in [-0.25, -0.2) is 17.6 Å². The lowest BCUT2D eigenvalue weighted by Crippen LogP contribution is -2.63. The van der Waals surface area contributed by atoms with Crippen LogP contribution >= 0.6 is 0 Å². The lowest BCUT2D eigenvalue weighted by atomic mass is 9.81. The van der Waals surface area contributed by atoms with Crippen LogP contribution in [0.1, 0.15) is 19.3 Å². The van der Waals surface area contributed by atoms with Crippen molar-refractivity contribution in [1.29, 1.82) is 0 Å². The van der Waals surface area contributed by atoms with Crippen LogP contribution in [0.4, 0.5) is 17.6 Å². The van der Waals surface area contributed by atoms with E-state index in [9.17, 15) is 17.6 Å². The SMILES string of the molecule is FC(F)C(F)(F)CC1NCCOC12CCNCC2. The third-order valence-electron chi connectivity index (χ3n) is 3.76. The monoisotopic (exact) mass is 270 g/mol. The largest absolute Gasteiger partial charge is 0.372 e. The number of hydrogen-bond donors (Lipinski definition) is 2. The van der Waals surface area contributed by atoms with Gasteiger partial charge in [0.05, 0.1) is 12.2 Å². The zero-order chi connectivity index (χ0) is 13.2. The molecule has 2 aliphatic rings. The summed E-state index contributed by atoms with van der Waals surface area (Å²) >= 11 is 0. The topological polar surface area (TPSA) is 33.3 Å². The van der Waals surface area contributed by atoms with Crippen LogP contribution in [-0.2, 0) is 4.74 Å². The molecule has 0 aromatic carbocycles. The summed E-state index contributed by atoms with van der Waals surface area (Å²) in [6.45, 7) is 2.20. The molecule has 7 heteroatoms. The van der Waals surface area contributed by atoms with Gasteiger partial charge in [0.15, 0.2) is 0 Å². The predicted molar refractivity (Wildman–Crippen MR) is 58.1 cm³/mol. The van der Waals surface area contributed by atoms with E-state index in [2.05, 4.69) is 10.6 Å². The highest BCUT2D eigenvalue weighted by atomic mass is 19.3. The molecule has 2 N–H and O–H groups in total. The minimum absolute atomic E-state index is 0.430. The zero-order valence-electron chi connectivity index (χ0n) is 10.0. The molecule has 0 saturated carbocycles. The van der Waals surface area contributed by atoms with Crippen LogP contribution < -0.4 is 10.6 Å². The van der Waals surface area contributed by atoms with Gasteiger partial charge in [-0.05, 0) is 25.9 Å². The molecule has 0 amide bonds. The Balaban J connectivity index is 2.08. The Labute approximate surface area is 103 Å². The first-order chi connectivity index (χ1) is 8.46. The van der Waals surface area contributed by atoms with E-state index in [-0.39, 0.29) is 0 Å². The number of piperidine rings is 1. The van der Waals surface area contributed by atoms with Crippen molar-refractivity contribution in [3.8, 4) is 0 Å². The molecular weight excluding hydrogens is 252 g/mol. The Kier molecular flexibility index (Phi) is 4.13. The van der Waals surface area contributed by atoms with E-state index in [1.54, 1.807) is 0 Å². The van der Waals surface area contributed by atoms with Crippen molar-refractivity contribution in [1.82, 2.24) is 10.6 Å². The normalized spacial score (nSPS) is 28.8. The molecule has 0 bridgehead atoms. The summed E-state index contributed by atoms with van der Waals surface area (Å²) in [6, 6.07) is -0.711. The second-order valence-corrected chi connectivity index (χ2v) is 4.94. The van der Waals surface area contributed by atoms with E-state index in [1.807, 2.05) is 0 Å². The summed E-state index contributed by atoms with van der Waals surface area (Å²) in [6.07, 6.45) is -3.35. The molecule has 0 aromatic heterocycles. The van der Waals surface area contributed by atoms with Crippen LogP contribution in [-0.4, -0.2) is 50.2 Å². The summed E-state index contributed by atoms with van der Waals surface area (Å²) in [5, 5.41) is 6.04. The van der Waals surface area contributed by atoms with Gasteiger partial charge in [-0.2, -0.15) is 0 Å². The van der Waals surface area contributed by atoms with Crippen LogP contribution in [0.15, 0.2) is 0 Å². The molecule has 2 saturated heterocycles. The summed E-state index contributed by atoms with van der Waals surface area (Å²) in [5.74, 6) is -3.96. The highest BCUT2D eigenvalue weighted by Crippen LogP contribution is 2.37. The third kappa shape index (κ3) is 2.78. The van der Waals surface area contributed by atoms with E-state index in [4.69, 9.17) is 4.74 Å². The summed E-state index contributed by atoms with van der Waals surface area (Å²) in [4.78, 5) is 0. The molecule has 106 valence electrons. The number of morpholine rings is 1.